The first kappa shape index (κ1) is 13.2. The predicted molar refractivity (Wildman–Crippen MR) is 68.4 cm³/mol. The monoisotopic (exact) mass is 232 g/mol. The van der Waals surface area contributed by atoms with E-state index >= 15 is 0 Å². The molecule has 1 aromatic rings. The van der Waals surface area contributed by atoms with Crippen LogP contribution in [0.5, 0.6) is 0 Å². The fourth-order valence-electron chi connectivity index (χ4n) is 1.69. The first-order chi connectivity index (χ1) is 7.88. The van der Waals surface area contributed by atoms with E-state index in [1.54, 1.807) is 12.1 Å². The SMILES string of the molecule is C=CCN(c1cc(F)cc(C#N)c1)C(C)(C)C. The van der Waals surface area contributed by atoms with Crippen LogP contribution < -0.4 is 4.90 Å². The van der Waals surface area contributed by atoms with Crippen molar-refractivity contribution in [2.75, 3.05) is 11.4 Å². The maximum atomic E-state index is 13.4. The van der Waals surface area contributed by atoms with Gasteiger partial charge in [-0.15, -0.1) is 6.58 Å². The Morgan fingerprint density at radius 3 is 2.53 bits per heavy atom. The molecule has 0 saturated carbocycles. The lowest BCUT2D eigenvalue weighted by Gasteiger charge is -2.37. The van der Waals surface area contributed by atoms with Gasteiger partial charge in [0.25, 0.3) is 0 Å². The summed E-state index contributed by atoms with van der Waals surface area (Å²) in [5.74, 6) is -0.391. The largest absolute Gasteiger partial charge is 0.363 e. The molecule has 0 radical (unpaired) electrons. The van der Waals surface area contributed by atoms with Crippen molar-refractivity contribution in [3.63, 3.8) is 0 Å². The molecule has 2 nitrogen and oxygen atoms in total. The average Bonchev–Trinajstić information content (AvgIpc) is 2.23. The minimum atomic E-state index is -0.391. The van der Waals surface area contributed by atoms with E-state index in [-0.39, 0.29) is 5.54 Å². The molecule has 0 unspecified atom stereocenters. The highest BCUT2D eigenvalue weighted by atomic mass is 19.1. The van der Waals surface area contributed by atoms with Crippen molar-refractivity contribution < 1.29 is 4.39 Å². The Morgan fingerprint density at radius 1 is 1.41 bits per heavy atom. The lowest BCUT2D eigenvalue weighted by Crippen LogP contribution is -2.41. The molecule has 0 aromatic heterocycles. The van der Waals surface area contributed by atoms with Gasteiger partial charge in [0.15, 0.2) is 0 Å². The Kier molecular flexibility index (Phi) is 3.90. The molecule has 0 amide bonds. The second kappa shape index (κ2) is 5.01. The fourth-order valence-corrected chi connectivity index (χ4v) is 1.69. The molecule has 17 heavy (non-hydrogen) atoms. The van der Waals surface area contributed by atoms with E-state index in [0.29, 0.717) is 17.8 Å². The first-order valence-electron chi connectivity index (χ1n) is 5.47. The van der Waals surface area contributed by atoms with Crippen LogP contribution in [0.3, 0.4) is 0 Å². The van der Waals surface area contributed by atoms with E-state index in [2.05, 4.69) is 6.58 Å². The van der Waals surface area contributed by atoms with Crippen molar-refractivity contribution in [1.29, 1.82) is 5.26 Å². The molecule has 90 valence electrons. The lowest BCUT2D eigenvalue weighted by molar-refractivity contribution is 0.520. The predicted octanol–water partition coefficient (Wildman–Crippen LogP) is 3.49. The van der Waals surface area contributed by atoms with E-state index in [9.17, 15) is 4.39 Å². The summed E-state index contributed by atoms with van der Waals surface area (Å²) in [4.78, 5) is 2.00. The van der Waals surface area contributed by atoms with Crippen molar-refractivity contribution >= 4 is 5.69 Å². The third-order valence-corrected chi connectivity index (χ3v) is 2.44. The van der Waals surface area contributed by atoms with Crippen LogP contribution in [-0.2, 0) is 0 Å². The van der Waals surface area contributed by atoms with Crippen LogP contribution in [0.2, 0.25) is 0 Å². The van der Waals surface area contributed by atoms with E-state index in [1.165, 1.54) is 12.1 Å². The third-order valence-electron chi connectivity index (χ3n) is 2.44. The molecule has 0 fully saturated rings. The molecule has 0 aliphatic rings. The van der Waals surface area contributed by atoms with Crippen molar-refractivity contribution in [3.05, 3.63) is 42.2 Å². The Bertz CT molecular complexity index is 452. The topological polar surface area (TPSA) is 27.0 Å². The van der Waals surface area contributed by atoms with Crippen molar-refractivity contribution in [2.24, 2.45) is 0 Å². The Morgan fingerprint density at radius 2 is 2.06 bits per heavy atom. The summed E-state index contributed by atoms with van der Waals surface area (Å²) in [7, 11) is 0. The second-order valence-electron chi connectivity index (χ2n) is 4.88. The zero-order valence-electron chi connectivity index (χ0n) is 10.5. The number of anilines is 1. The summed E-state index contributed by atoms with van der Waals surface area (Å²) in [6.07, 6.45) is 1.77. The maximum Gasteiger partial charge on any atom is 0.126 e. The van der Waals surface area contributed by atoms with Gasteiger partial charge in [-0.2, -0.15) is 5.26 Å². The van der Waals surface area contributed by atoms with Crippen molar-refractivity contribution in [2.45, 2.75) is 26.3 Å². The Balaban J connectivity index is 3.24. The van der Waals surface area contributed by atoms with Crippen molar-refractivity contribution in [1.82, 2.24) is 0 Å². The summed E-state index contributed by atoms with van der Waals surface area (Å²) in [5, 5.41) is 8.85. The van der Waals surface area contributed by atoms with Crippen LogP contribution in [-0.4, -0.2) is 12.1 Å². The van der Waals surface area contributed by atoms with Gasteiger partial charge >= 0.3 is 0 Å². The van der Waals surface area contributed by atoms with Crippen LogP contribution >= 0.6 is 0 Å². The molecule has 0 bridgehead atoms. The quantitative estimate of drug-likeness (QED) is 0.746. The highest BCUT2D eigenvalue weighted by molar-refractivity contribution is 5.54. The second-order valence-corrected chi connectivity index (χ2v) is 4.88. The van der Waals surface area contributed by atoms with Gasteiger partial charge in [-0.3, -0.25) is 0 Å². The summed E-state index contributed by atoms with van der Waals surface area (Å²) in [5.41, 5.74) is 0.876. The van der Waals surface area contributed by atoms with E-state index in [4.69, 9.17) is 5.26 Å². The molecule has 1 aromatic carbocycles. The Hall–Kier alpha value is -1.82. The summed E-state index contributed by atoms with van der Waals surface area (Å²) < 4.78 is 13.4. The molecule has 0 N–H and O–H groups in total. The Labute approximate surface area is 102 Å². The van der Waals surface area contributed by atoms with Crippen LogP contribution in [0.1, 0.15) is 26.3 Å². The van der Waals surface area contributed by atoms with E-state index in [0.717, 1.165) is 0 Å². The average molecular weight is 232 g/mol. The number of nitrogens with zero attached hydrogens (tertiary/aromatic N) is 2. The number of rotatable bonds is 3. The van der Waals surface area contributed by atoms with Crippen molar-refractivity contribution in [3.8, 4) is 6.07 Å². The minimum Gasteiger partial charge on any atom is -0.363 e. The lowest BCUT2D eigenvalue weighted by atomic mass is 10.0. The summed E-state index contributed by atoms with van der Waals surface area (Å²) in [6.45, 7) is 10.4. The molecule has 0 atom stereocenters. The van der Waals surface area contributed by atoms with Crippen LogP contribution in [0.25, 0.3) is 0 Å². The maximum absolute atomic E-state index is 13.4. The molecule has 0 spiro atoms. The molecular weight excluding hydrogens is 215 g/mol. The smallest absolute Gasteiger partial charge is 0.126 e. The zero-order chi connectivity index (χ0) is 13.1. The standard InChI is InChI=1S/C14H17FN2/c1-5-6-17(14(2,3)4)13-8-11(10-16)7-12(15)9-13/h5,7-9H,1,6H2,2-4H3. The normalized spacial score (nSPS) is 10.8. The fraction of sp³-hybridized carbons (Fsp3) is 0.357. The number of benzene rings is 1. The van der Waals surface area contributed by atoms with Crippen LogP contribution in [0, 0.1) is 17.1 Å². The van der Waals surface area contributed by atoms with Gasteiger partial charge in [0.2, 0.25) is 0 Å². The molecular formula is C14H17FN2. The number of halogens is 1. The molecule has 0 aliphatic carbocycles. The highest BCUT2D eigenvalue weighted by Crippen LogP contribution is 2.25. The van der Waals surface area contributed by atoms with Gasteiger partial charge in [0.05, 0.1) is 11.6 Å². The minimum absolute atomic E-state index is 0.158. The third kappa shape index (κ3) is 3.32. The van der Waals surface area contributed by atoms with Gasteiger partial charge in [0, 0.05) is 17.8 Å². The van der Waals surface area contributed by atoms with E-state index in [1.807, 2.05) is 31.7 Å². The van der Waals surface area contributed by atoms with Crippen LogP contribution in [0.4, 0.5) is 10.1 Å². The van der Waals surface area contributed by atoms with Crippen LogP contribution in [0.15, 0.2) is 30.9 Å². The summed E-state index contributed by atoms with van der Waals surface area (Å²) >= 11 is 0. The summed E-state index contributed by atoms with van der Waals surface area (Å²) in [6, 6.07) is 6.33. The van der Waals surface area contributed by atoms with E-state index < -0.39 is 5.82 Å². The number of hydrogen-bond acceptors (Lipinski definition) is 2. The van der Waals surface area contributed by atoms with Gasteiger partial charge in [-0.25, -0.2) is 4.39 Å². The molecule has 0 heterocycles. The molecule has 1 rings (SSSR count). The highest BCUT2D eigenvalue weighted by Gasteiger charge is 2.21. The van der Waals surface area contributed by atoms with Gasteiger partial charge in [-0.1, -0.05) is 6.08 Å². The van der Waals surface area contributed by atoms with Gasteiger partial charge < -0.3 is 4.90 Å². The molecule has 0 saturated heterocycles. The molecule has 0 aliphatic heterocycles. The number of hydrogen-bond donors (Lipinski definition) is 0. The zero-order valence-corrected chi connectivity index (χ0v) is 10.5. The molecule has 3 heteroatoms. The first-order valence-corrected chi connectivity index (χ1v) is 5.47. The van der Waals surface area contributed by atoms with Gasteiger partial charge in [0.1, 0.15) is 5.82 Å². The van der Waals surface area contributed by atoms with Gasteiger partial charge in [-0.05, 0) is 39.0 Å². The number of nitriles is 1.